The molecule has 100 valence electrons. The minimum atomic E-state index is 0.166. The van der Waals surface area contributed by atoms with E-state index < -0.39 is 0 Å². The lowest BCUT2D eigenvalue weighted by Crippen LogP contribution is -2.32. The Balaban J connectivity index is 2.48. The highest BCUT2D eigenvalue weighted by atomic mass is 35.5. The van der Waals surface area contributed by atoms with E-state index in [1.54, 1.807) is 7.11 Å². The molecule has 0 radical (unpaired) electrons. The molecule has 1 aliphatic carbocycles. The van der Waals surface area contributed by atoms with Crippen LogP contribution in [0.4, 0.5) is 0 Å². The van der Waals surface area contributed by atoms with E-state index in [9.17, 15) is 0 Å². The molecule has 2 rings (SSSR count). The molecule has 1 fully saturated rings. The van der Waals surface area contributed by atoms with E-state index >= 15 is 0 Å². The Morgan fingerprint density at radius 1 is 1.50 bits per heavy atom. The van der Waals surface area contributed by atoms with Crippen molar-refractivity contribution in [3.05, 3.63) is 28.3 Å². The first-order valence-corrected chi connectivity index (χ1v) is 6.67. The summed E-state index contributed by atoms with van der Waals surface area (Å²) >= 11 is 6.18. The molecular formula is C14H21ClN2O. The monoisotopic (exact) mass is 268 g/mol. The van der Waals surface area contributed by atoms with Crippen molar-refractivity contribution in [1.82, 2.24) is 5.32 Å². The van der Waals surface area contributed by atoms with Gasteiger partial charge in [0.1, 0.15) is 5.75 Å². The van der Waals surface area contributed by atoms with E-state index in [0.29, 0.717) is 6.54 Å². The summed E-state index contributed by atoms with van der Waals surface area (Å²) in [4.78, 5) is 0. The molecule has 0 saturated heterocycles. The maximum absolute atomic E-state index is 6.18. The van der Waals surface area contributed by atoms with Crippen molar-refractivity contribution < 1.29 is 4.74 Å². The molecule has 1 atom stereocenters. The van der Waals surface area contributed by atoms with Gasteiger partial charge >= 0.3 is 0 Å². The molecule has 0 aliphatic heterocycles. The SMILES string of the molecule is CNC(c1cc(Cl)cc(C)c1OC)C1(CN)CC1. The molecule has 0 amide bonds. The van der Waals surface area contributed by atoms with Crippen molar-refractivity contribution in [2.75, 3.05) is 20.7 Å². The van der Waals surface area contributed by atoms with Crippen LogP contribution in [0.5, 0.6) is 5.75 Å². The Morgan fingerprint density at radius 3 is 2.61 bits per heavy atom. The van der Waals surface area contributed by atoms with Gasteiger partial charge in [-0.25, -0.2) is 0 Å². The molecular weight excluding hydrogens is 248 g/mol. The summed E-state index contributed by atoms with van der Waals surface area (Å²) in [6, 6.07) is 4.12. The van der Waals surface area contributed by atoms with Gasteiger partial charge in [-0.3, -0.25) is 0 Å². The Morgan fingerprint density at radius 2 is 2.17 bits per heavy atom. The fourth-order valence-electron chi connectivity index (χ4n) is 2.81. The number of nitrogens with one attached hydrogen (secondary N) is 1. The zero-order chi connectivity index (χ0) is 13.3. The minimum Gasteiger partial charge on any atom is -0.496 e. The predicted molar refractivity (Wildman–Crippen MR) is 75.3 cm³/mol. The van der Waals surface area contributed by atoms with Gasteiger partial charge in [-0.15, -0.1) is 0 Å². The van der Waals surface area contributed by atoms with Gasteiger partial charge in [-0.2, -0.15) is 0 Å². The van der Waals surface area contributed by atoms with Crippen LogP contribution in [0.2, 0.25) is 5.02 Å². The largest absolute Gasteiger partial charge is 0.496 e. The van der Waals surface area contributed by atoms with Crippen molar-refractivity contribution in [2.45, 2.75) is 25.8 Å². The summed E-state index contributed by atoms with van der Waals surface area (Å²) in [5.74, 6) is 0.915. The fourth-order valence-corrected chi connectivity index (χ4v) is 3.09. The second-order valence-corrected chi connectivity index (χ2v) is 5.57. The number of benzene rings is 1. The van der Waals surface area contributed by atoms with Gasteiger partial charge in [-0.05, 0) is 51.1 Å². The minimum absolute atomic E-state index is 0.166. The third-order valence-corrected chi connectivity index (χ3v) is 4.20. The van der Waals surface area contributed by atoms with E-state index in [1.807, 2.05) is 26.1 Å². The lowest BCUT2D eigenvalue weighted by molar-refractivity contribution is 0.342. The molecule has 4 heteroatoms. The molecule has 0 heterocycles. The van der Waals surface area contributed by atoms with Crippen molar-refractivity contribution in [3.63, 3.8) is 0 Å². The number of aryl methyl sites for hydroxylation is 1. The Hall–Kier alpha value is -0.770. The Labute approximate surface area is 114 Å². The van der Waals surface area contributed by atoms with E-state index in [2.05, 4.69) is 5.32 Å². The fraction of sp³-hybridized carbons (Fsp3) is 0.571. The lowest BCUT2D eigenvalue weighted by Gasteiger charge is -2.28. The number of hydrogen-bond donors (Lipinski definition) is 2. The quantitative estimate of drug-likeness (QED) is 0.863. The summed E-state index contributed by atoms with van der Waals surface area (Å²) < 4.78 is 5.54. The Bertz CT molecular complexity index is 444. The second kappa shape index (κ2) is 5.08. The maximum atomic E-state index is 6.18. The summed E-state index contributed by atoms with van der Waals surface area (Å²) in [6.07, 6.45) is 2.31. The molecule has 0 bridgehead atoms. The highest BCUT2D eigenvalue weighted by molar-refractivity contribution is 6.30. The molecule has 1 saturated carbocycles. The topological polar surface area (TPSA) is 47.3 Å². The summed E-state index contributed by atoms with van der Waals surface area (Å²) in [6.45, 7) is 2.70. The zero-order valence-electron chi connectivity index (χ0n) is 11.2. The number of methoxy groups -OCH3 is 1. The molecule has 3 nitrogen and oxygen atoms in total. The molecule has 1 aromatic carbocycles. The standard InChI is InChI=1S/C14H21ClN2O/c1-9-6-10(15)7-11(12(9)18-3)13(17-2)14(8-16)4-5-14/h6-7,13,17H,4-5,8,16H2,1-3H3. The first-order valence-electron chi connectivity index (χ1n) is 6.29. The first-order chi connectivity index (χ1) is 8.57. The molecule has 0 aromatic heterocycles. The number of ether oxygens (including phenoxy) is 1. The average molecular weight is 269 g/mol. The molecule has 18 heavy (non-hydrogen) atoms. The molecule has 1 unspecified atom stereocenters. The van der Waals surface area contributed by atoms with E-state index in [4.69, 9.17) is 22.1 Å². The van der Waals surface area contributed by atoms with Crippen LogP contribution >= 0.6 is 11.6 Å². The first kappa shape index (κ1) is 13.7. The predicted octanol–water partition coefficient (Wildman–Crippen LogP) is 2.66. The van der Waals surface area contributed by atoms with Crippen molar-refractivity contribution in [3.8, 4) is 5.75 Å². The van der Waals surface area contributed by atoms with Gasteiger partial charge in [0.15, 0.2) is 0 Å². The van der Waals surface area contributed by atoms with Crippen LogP contribution in [0.25, 0.3) is 0 Å². The van der Waals surface area contributed by atoms with Gasteiger partial charge < -0.3 is 15.8 Å². The van der Waals surface area contributed by atoms with Crippen molar-refractivity contribution in [2.24, 2.45) is 11.1 Å². The molecule has 0 spiro atoms. The number of nitrogens with two attached hydrogens (primary N) is 1. The van der Waals surface area contributed by atoms with E-state index in [-0.39, 0.29) is 11.5 Å². The number of hydrogen-bond acceptors (Lipinski definition) is 3. The highest BCUT2D eigenvalue weighted by Gasteiger charge is 2.49. The van der Waals surface area contributed by atoms with Gasteiger partial charge in [0.25, 0.3) is 0 Å². The highest BCUT2D eigenvalue weighted by Crippen LogP contribution is 2.55. The van der Waals surface area contributed by atoms with E-state index in [1.165, 1.54) is 0 Å². The van der Waals surface area contributed by atoms with Crippen LogP contribution in [0.3, 0.4) is 0 Å². The Kier molecular flexibility index (Phi) is 3.85. The van der Waals surface area contributed by atoms with Crippen LogP contribution in [0.15, 0.2) is 12.1 Å². The molecule has 1 aliphatic rings. The maximum Gasteiger partial charge on any atom is 0.126 e. The van der Waals surface area contributed by atoms with Crippen molar-refractivity contribution >= 4 is 11.6 Å². The normalized spacial score (nSPS) is 18.5. The molecule has 1 aromatic rings. The van der Waals surface area contributed by atoms with Gasteiger partial charge in [0, 0.05) is 22.0 Å². The van der Waals surface area contributed by atoms with Crippen LogP contribution in [0, 0.1) is 12.3 Å². The van der Waals surface area contributed by atoms with Gasteiger partial charge in [0.05, 0.1) is 7.11 Å². The number of rotatable bonds is 5. The lowest BCUT2D eigenvalue weighted by atomic mass is 9.88. The molecule has 3 N–H and O–H groups in total. The van der Waals surface area contributed by atoms with Gasteiger partial charge in [0.2, 0.25) is 0 Å². The zero-order valence-corrected chi connectivity index (χ0v) is 12.0. The van der Waals surface area contributed by atoms with E-state index in [0.717, 1.165) is 34.7 Å². The van der Waals surface area contributed by atoms with Crippen LogP contribution in [-0.2, 0) is 0 Å². The summed E-state index contributed by atoms with van der Waals surface area (Å²) in [5, 5.41) is 4.13. The third kappa shape index (κ3) is 2.22. The third-order valence-electron chi connectivity index (χ3n) is 3.98. The summed E-state index contributed by atoms with van der Waals surface area (Å²) in [7, 11) is 3.67. The van der Waals surface area contributed by atoms with Crippen molar-refractivity contribution in [1.29, 1.82) is 0 Å². The second-order valence-electron chi connectivity index (χ2n) is 5.13. The van der Waals surface area contributed by atoms with Crippen LogP contribution in [0.1, 0.15) is 30.0 Å². The summed E-state index contributed by atoms with van der Waals surface area (Å²) in [5.41, 5.74) is 8.28. The van der Waals surface area contributed by atoms with Gasteiger partial charge in [-0.1, -0.05) is 11.6 Å². The van der Waals surface area contributed by atoms with Crippen LogP contribution < -0.4 is 15.8 Å². The smallest absolute Gasteiger partial charge is 0.126 e. The average Bonchev–Trinajstić information content (AvgIpc) is 3.10. The number of halogens is 1. The van der Waals surface area contributed by atoms with Crippen LogP contribution in [-0.4, -0.2) is 20.7 Å².